The molecule has 1 rings (SSSR count). The Bertz CT molecular complexity index is 247. The van der Waals surface area contributed by atoms with Crippen molar-refractivity contribution in [3.63, 3.8) is 0 Å². The van der Waals surface area contributed by atoms with Crippen molar-refractivity contribution in [3.05, 3.63) is 0 Å². The average Bonchev–Trinajstić information content (AvgIpc) is 2.15. The molecule has 1 unspecified atom stereocenters. The van der Waals surface area contributed by atoms with Gasteiger partial charge in [-0.1, -0.05) is 5.92 Å². The molecule has 3 N–H and O–H groups in total. The van der Waals surface area contributed by atoms with Crippen LogP contribution in [-0.2, 0) is 9.59 Å². The first-order valence-electron chi connectivity index (χ1n) is 3.95. The van der Waals surface area contributed by atoms with Crippen molar-refractivity contribution in [1.82, 2.24) is 16.0 Å². The lowest BCUT2D eigenvalue weighted by Gasteiger charge is -2.22. The molecule has 0 radical (unpaired) electrons. The molecule has 0 bridgehead atoms. The predicted octanol–water partition coefficient (Wildman–Crippen LogP) is -2.18. The van der Waals surface area contributed by atoms with E-state index < -0.39 is 0 Å². The van der Waals surface area contributed by atoms with Gasteiger partial charge in [-0.25, -0.2) is 0 Å². The van der Waals surface area contributed by atoms with Crippen LogP contribution < -0.4 is 16.0 Å². The van der Waals surface area contributed by atoms with Crippen molar-refractivity contribution < 1.29 is 9.59 Å². The molecule has 1 atom stereocenters. The van der Waals surface area contributed by atoms with Crippen molar-refractivity contribution in [2.75, 3.05) is 19.6 Å². The van der Waals surface area contributed by atoms with E-state index in [0.29, 0.717) is 6.54 Å². The van der Waals surface area contributed by atoms with Gasteiger partial charge in [0.25, 0.3) is 0 Å². The number of hydrogen-bond acceptors (Lipinski definition) is 3. The maximum atomic E-state index is 11.2. The summed E-state index contributed by atoms with van der Waals surface area (Å²) in [7, 11) is 0. The molecule has 0 aromatic carbocycles. The maximum absolute atomic E-state index is 11.2. The lowest BCUT2D eigenvalue weighted by molar-refractivity contribution is -0.126. The number of carbonyl (C=O) groups is 2. The topological polar surface area (TPSA) is 70.2 Å². The molecule has 0 aromatic rings. The van der Waals surface area contributed by atoms with Crippen LogP contribution in [0.2, 0.25) is 0 Å². The lowest BCUT2D eigenvalue weighted by atomic mass is 10.2. The van der Waals surface area contributed by atoms with Gasteiger partial charge >= 0.3 is 0 Å². The van der Waals surface area contributed by atoms with Crippen LogP contribution in [-0.4, -0.2) is 37.5 Å². The Kier molecular flexibility index (Phi) is 3.29. The van der Waals surface area contributed by atoms with E-state index in [1.54, 1.807) is 0 Å². The number of hydrogen-bond donors (Lipinski definition) is 3. The molecule has 13 heavy (non-hydrogen) atoms. The first-order valence-corrected chi connectivity index (χ1v) is 3.95. The molecule has 1 aliphatic heterocycles. The highest BCUT2D eigenvalue weighted by Crippen LogP contribution is 1.87. The van der Waals surface area contributed by atoms with Gasteiger partial charge in [-0.3, -0.25) is 14.9 Å². The Balaban J connectivity index is 2.32. The first-order chi connectivity index (χ1) is 6.24. The fraction of sp³-hybridized carbons (Fsp3) is 0.500. The summed E-state index contributed by atoms with van der Waals surface area (Å²) >= 11 is 0. The zero-order chi connectivity index (χ0) is 9.68. The third-order valence-electron chi connectivity index (χ3n) is 1.69. The summed E-state index contributed by atoms with van der Waals surface area (Å²) in [6.07, 6.45) is 4.97. The molecule has 5 heteroatoms. The highest BCUT2D eigenvalue weighted by Gasteiger charge is 2.22. The third-order valence-corrected chi connectivity index (χ3v) is 1.69. The molecule has 0 saturated carbocycles. The Morgan fingerprint density at radius 3 is 3.08 bits per heavy atom. The van der Waals surface area contributed by atoms with Gasteiger partial charge in [0.05, 0.1) is 13.1 Å². The van der Waals surface area contributed by atoms with Crippen molar-refractivity contribution in [1.29, 1.82) is 0 Å². The van der Waals surface area contributed by atoms with E-state index in [4.69, 9.17) is 6.42 Å². The zero-order valence-electron chi connectivity index (χ0n) is 7.09. The Labute approximate surface area is 76.3 Å². The van der Waals surface area contributed by atoms with Gasteiger partial charge in [0.2, 0.25) is 11.8 Å². The first kappa shape index (κ1) is 9.55. The average molecular weight is 181 g/mol. The monoisotopic (exact) mass is 181 g/mol. The number of piperazine rings is 1. The summed E-state index contributed by atoms with van der Waals surface area (Å²) < 4.78 is 0. The van der Waals surface area contributed by atoms with Gasteiger partial charge in [0, 0.05) is 6.54 Å². The summed E-state index contributed by atoms with van der Waals surface area (Å²) in [5.74, 6) is 2.02. The number of nitrogens with one attached hydrogen (secondary N) is 3. The molecule has 1 heterocycles. The van der Waals surface area contributed by atoms with Crippen molar-refractivity contribution >= 4 is 11.8 Å². The molecule has 0 spiro atoms. The van der Waals surface area contributed by atoms with E-state index in [1.807, 2.05) is 0 Å². The second-order valence-corrected chi connectivity index (χ2v) is 2.66. The number of amides is 2. The van der Waals surface area contributed by atoms with Crippen LogP contribution in [0.1, 0.15) is 0 Å². The quantitative estimate of drug-likeness (QED) is 0.424. The highest BCUT2D eigenvalue weighted by atomic mass is 16.2. The molecule has 1 fully saturated rings. The summed E-state index contributed by atoms with van der Waals surface area (Å²) in [6, 6.07) is -0.369. The van der Waals surface area contributed by atoms with E-state index >= 15 is 0 Å². The van der Waals surface area contributed by atoms with Gasteiger partial charge in [0.1, 0.15) is 6.04 Å². The summed E-state index contributed by atoms with van der Waals surface area (Å²) in [5.41, 5.74) is 0. The second-order valence-electron chi connectivity index (χ2n) is 2.66. The minimum Gasteiger partial charge on any atom is -0.353 e. The summed E-state index contributed by atoms with van der Waals surface area (Å²) in [6.45, 7) is 0.703. The van der Waals surface area contributed by atoms with Crippen molar-refractivity contribution in [2.24, 2.45) is 0 Å². The number of carbonyl (C=O) groups excluding carboxylic acids is 2. The molecule has 1 saturated heterocycles. The van der Waals surface area contributed by atoms with Crippen LogP contribution >= 0.6 is 0 Å². The van der Waals surface area contributed by atoms with Crippen LogP contribution in [0.3, 0.4) is 0 Å². The molecular formula is C8H11N3O2. The highest BCUT2D eigenvalue weighted by molar-refractivity contribution is 5.86. The largest absolute Gasteiger partial charge is 0.353 e. The fourth-order valence-corrected chi connectivity index (χ4v) is 1.01. The minimum atomic E-state index is -0.369. The fourth-order valence-electron chi connectivity index (χ4n) is 1.01. The standard InChI is InChI=1S/C8H11N3O2/c1-2-3-9-8(13)6-4-11-7(12)5-10-6/h1,6,10H,3-5H2,(H,9,13)(H,11,12). The van der Waals surface area contributed by atoms with Crippen LogP contribution in [0.5, 0.6) is 0 Å². The van der Waals surface area contributed by atoms with E-state index in [9.17, 15) is 9.59 Å². The van der Waals surface area contributed by atoms with Crippen LogP contribution in [0.25, 0.3) is 0 Å². The van der Waals surface area contributed by atoms with E-state index in [2.05, 4.69) is 21.9 Å². The predicted molar refractivity (Wildman–Crippen MR) is 46.6 cm³/mol. The van der Waals surface area contributed by atoms with Gasteiger partial charge < -0.3 is 10.6 Å². The molecule has 70 valence electrons. The van der Waals surface area contributed by atoms with Gasteiger partial charge in [0.15, 0.2) is 0 Å². The van der Waals surface area contributed by atoms with Crippen molar-refractivity contribution in [2.45, 2.75) is 6.04 Å². The Morgan fingerprint density at radius 2 is 2.54 bits per heavy atom. The normalized spacial score (nSPS) is 21.5. The Hall–Kier alpha value is -1.54. The van der Waals surface area contributed by atoms with E-state index in [-0.39, 0.29) is 30.9 Å². The van der Waals surface area contributed by atoms with Crippen molar-refractivity contribution in [3.8, 4) is 12.3 Å². The van der Waals surface area contributed by atoms with Crippen LogP contribution in [0.4, 0.5) is 0 Å². The second kappa shape index (κ2) is 4.48. The van der Waals surface area contributed by atoms with E-state index in [1.165, 1.54) is 0 Å². The lowest BCUT2D eigenvalue weighted by Crippen LogP contribution is -2.58. The maximum Gasteiger partial charge on any atom is 0.239 e. The number of rotatable bonds is 2. The third kappa shape index (κ3) is 2.76. The molecule has 0 aromatic heterocycles. The van der Waals surface area contributed by atoms with E-state index in [0.717, 1.165) is 0 Å². The number of terminal acetylenes is 1. The smallest absolute Gasteiger partial charge is 0.239 e. The van der Waals surface area contributed by atoms with Gasteiger partial charge in [-0.2, -0.15) is 0 Å². The molecule has 0 aliphatic carbocycles. The van der Waals surface area contributed by atoms with Gasteiger partial charge in [-0.15, -0.1) is 6.42 Å². The van der Waals surface area contributed by atoms with Gasteiger partial charge in [-0.05, 0) is 0 Å². The molecular weight excluding hydrogens is 170 g/mol. The summed E-state index contributed by atoms with van der Waals surface area (Å²) in [5, 5.41) is 7.89. The SMILES string of the molecule is C#CCNC(=O)C1CNC(=O)CN1. The van der Waals surface area contributed by atoms with Crippen LogP contribution in [0, 0.1) is 12.3 Å². The summed E-state index contributed by atoms with van der Waals surface area (Å²) in [4.78, 5) is 22.0. The zero-order valence-corrected chi connectivity index (χ0v) is 7.09. The molecule has 2 amide bonds. The van der Waals surface area contributed by atoms with Crippen LogP contribution in [0.15, 0.2) is 0 Å². The molecule has 1 aliphatic rings. The molecule has 5 nitrogen and oxygen atoms in total. The Morgan fingerprint density at radius 1 is 1.77 bits per heavy atom. The minimum absolute atomic E-state index is 0.0963.